The molecule has 0 saturated carbocycles. The van der Waals surface area contributed by atoms with Crippen LogP contribution in [0.5, 0.6) is 0 Å². The Kier molecular flexibility index (Phi) is 3.00. The average molecular weight is 220 g/mol. The summed E-state index contributed by atoms with van der Waals surface area (Å²) in [5.74, 6) is 0. The van der Waals surface area contributed by atoms with Crippen molar-refractivity contribution in [1.82, 2.24) is 24.5 Å². The number of nitrogens with zero attached hydrogens (tertiary/aromatic N) is 5. The molecule has 1 atom stereocenters. The zero-order valence-electron chi connectivity index (χ0n) is 9.54. The molecule has 2 aromatic rings. The SMILES string of the molecule is CC(N)Cc1cn(Cc2cn(C)nn2)cn1. The highest BCUT2D eigenvalue weighted by Crippen LogP contribution is 2.02. The summed E-state index contributed by atoms with van der Waals surface area (Å²) in [4.78, 5) is 4.29. The summed E-state index contributed by atoms with van der Waals surface area (Å²) in [6.07, 6.45) is 6.49. The lowest BCUT2D eigenvalue weighted by atomic mass is 10.2. The quantitative estimate of drug-likeness (QED) is 0.784. The molecular formula is C10H16N6. The molecule has 0 aliphatic heterocycles. The fraction of sp³-hybridized carbons (Fsp3) is 0.500. The van der Waals surface area contributed by atoms with Crippen molar-refractivity contribution < 1.29 is 0 Å². The summed E-state index contributed by atoms with van der Waals surface area (Å²) < 4.78 is 3.68. The van der Waals surface area contributed by atoms with E-state index < -0.39 is 0 Å². The molecule has 16 heavy (non-hydrogen) atoms. The molecule has 0 saturated heterocycles. The third kappa shape index (κ3) is 2.66. The first-order valence-electron chi connectivity index (χ1n) is 5.25. The number of hydrogen-bond acceptors (Lipinski definition) is 4. The van der Waals surface area contributed by atoms with Crippen LogP contribution in [0, 0.1) is 0 Å². The van der Waals surface area contributed by atoms with E-state index in [9.17, 15) is 0 Å². The van der Waals surface area contributed by atoms with Crippen LogP contribution in [-0.4, -0.2) is 30.6 Å². The van der Waals surface area contributed by atoms with Crippen molar-refractivity contribution in [3.05, 3.63) is 30.1 Å². The second-order valence-electron chi connectivity index (χ2n) is 4.10. The maximum absolute atomic E-state index is 5.71. The van der Waals surface area contributed by atoms with E-state index in [1.807, 2.05) is 30.9 Å². The fourth-order valence-electron chi connectivity index (χ4n) is 1.58. The maximum Gasteiger partial charge on any atom is 0.102 e. The normalized spacial score (nSPS) is 12.9. The molecule has 0 fully saturated rings. The summed E-state index contributed by atoms with van der Waals surface area (Å²) in [7, 11) is 1.85. The minimum Gasteiger partial charge on any atom is -0.331 e. The summed E-state index contributed by atoms with van der Waals surface area (Å²) in [5, 5.41) is 7.90. The van der Waals surface area contributed by atoms with Crippen LogP contribution in [0.2, 0.25) is 0 Å². The Hall–Kier alpha value is -1.69. The molecular weight excluding hydrogens is 204 g/mol. The van der Waals surface area contributed by atoms with Gasteiger partial charge in [-0.2, -0.15) is 0 Å². The predicted molar refractivity (Wildman–Crippen MR) is 59.7 cm³/mol. The molecule has 0 bridgehead atoms. The number of hydrogen-bond donors (Lipinski definition) is 1. The van der Waals surface area contributed by atoms with Gasteiger partial charge in [0.15, 0.2) is 0 Å². The molecule has 6 heteroatoms. The molecule has 0 aliphatic carbocycles. The summed E-state index contributed by atoms with van der Waals surface area (Å²) in [6, 6.07) is 0.139. The first-order chi connectivity index (χ1) is 7.63. The van der Waals surface area contributed by atoms with Crippen molar-refractivity contribution in [2.75, 3.05) is 0 Å². The zero-order valence-corrected chi connectivity index (χ0v) is 9.54. The molecule has 0 radical (unpaired) electrons. The van der Waals surface area contributed by atoms with Crippen molar-refractivity contribution in [1.29, 1.82) is 0 Å². The lowest BCUT2D eigenvalue weighted by Crippen LogP contribution is -2.17. The molecule has 1 unspecified atom stereocenters. The summed E-state index contributed by atoms with van der Waals surface area (Å²) in [5.41, 5.74) is 7.65. The molecule has 2 heterocycles. The third-order valence-electron chi connectivity index (χ3n) is 2.21. The monoisotopic (exact) mass is 220 g/mol. The molecule has 2 aromatic heterocycles. The van der Waals surface area contributed by atoms with Crippen molar-refractivity contribution >= 4 is 0 Å². The Balaban J connectivity index is 2.02. The third-order valence-corrected chi connectivity index (χ3v) is 2.21. The second-order valence-corrected chi connectivity index (χ2v) is 4.10. The number of rotatable bonds is 4. The number of nitrogens with two attached hydrogens (primary N) is 1. The van der Waals surface area contributed by atoms with Crippen molar-refractivity contribution in [3.8, 4) is 0 Å². The minimum absolute atomic E-state index is 0.139. The Morgan fingerprint density at radius 3 is 2.81 bits per heavy atom. The van der Waals surface area contributed by atoms with Gasteiger partial charge in [-0.15, -0.1) is 5.10 Å². The van der Waals surface area contributed by atoms with Gasteiger partial charge in [-0.25, -0.2) is 4.98 Å². The van der Waals surface area contributed by atoms with Gasteiger partial charge >= 0.3 is 0 Å². The smallest absolute Gasteiger partial charge is 0.102 e. The molecule has 86 valence electrons. The lowest BCUT2D eigenvalue weighted by Gasteiger charge is -2.00. The largest absolute Gasteiger partial charge is 0.331 e. The van der Waals surface area contributed by atoms with E-state index in [0.29, 0.717) is 6.54 Å². The second kappa shape index (κ2) is 4.44. The van der Waals surface area contributed by atoms with E-state index in [1.165, 1.54) is 0 Å². The summed E-state index contributed by atoms with van der Waals surface area (Å²) in [6.45, 7) is 2.67. The minimum atomic E-state index is 0.139. The molecule has 2 N–H and O–H groups in total. The van der Waals surface area contributed by atoms with E-state index in [1.54, 1.807) is 11.0 Å². The first kappa shape index (κ1) is 10.8. The maximum atomic E-state index is 5.71. The van der Waals surface area contributed by atoms with Crippen molar-refractivity contribution in [2.45, 2.75) is 25.9 Å². The molecule has 6 nitrogen and oxygen atoms in total. The topological polar surface area (TPSA) is 74.5 Å². The van der Waals surface area contributed by atoms with E-state index in [0.717, 1.165) is 17.8 Å². The zero-order chi connectivity index (χ0) is 11.5. The van der Waals surface area contributed by atoms with Crippen molar-refractivity contribution in [2.24, 2.45) is 12.8 Å². The van der Waals surface area contributed by atoms with Crippen LogP contribution >= 0.6 is 0 Å². The summed E-state index contributed by atoms with van der Waals surface area (Å²) >= 11 is 0. The Labute approximate surface area is 94.1 Å². The standard InChI is InChI=1S/C10H16N6/c1-8(11)3-9-5-16(7-12-9)6-10-4-15(2)14-13-10/h4-5,7-8H,3,6,11H2,1-2H3. The van der Waals surface area contributed by atoms with Gasteiger partial charge in [-0.1, -0.05) is 5.21 Å². The van der Waals surface area contributed by atoms with Crippen LogP contribution < -0.4 is 5.73 Å². The van der Waals surface area contributed by atoms with Gasteiger partial charge in [-0.3, -0.25) is 4.68 Å². The van der Waals surface area contributed by atoms with Crippen molar-refractivity contribution in [3.63, 3.8) is 0 Å². The highest BCUT2D eigenvalue weighted by molar-refractivity contribution is 5.02. The van der Waals surface area contributed by atoms with Gasteiger partial charge in [0.25, 0.3) is 0 Å². The first-order valence-corrected chi connectivity index (χ1v) is 5.25. The van der Waals surface area contributed by atoms with E-state index in [2.05, 4.69) is 15.3 Å². The van der Waals surface area contributed by atoms with Gasteiger partial charge in [0, 0.05) is 31.9 Å². The van der Waals surface area contributed by atoms with Gasteiger partial charge in [0.1, 0.15) is 5.69 Å². The molecule has 0 amide bonds. The number of aryl methyl sites for hydroxylation is 1. The predicted octanol–water partition coefficient (Wildman–Crippen LogP) is -0.0504. The van der Waals surface area contributed by atoms with Gasteiger partial charge in [0.2, 0.25) is 0 Å². The average Bonchev–Trinajstić information content (AvgIpc) is 2.76. The fourth-order valence-corrected chi connectivity index (χ4v) is 1.58. The van der Waals surface area contributed by atoms with Gasteiger partial charge in [0.05, 0.1) is 18.6 Å². The Bertz CT molecular complexity index is 455. The Morgan fingerprint density at radius 2 is 2.19 bits per heavy atom. The van der Waals surface area contributed by atoms with E-state index in [-0.39, 0.29) is 6.04 Å². The molecule has 0 aliphatic rings. The van der Waals surface area contributed by atoms with E-state index >= 15 is 0 Å². The molecule has 0 spiro atoms. The number of imidazole rings is 1. The van der Waals surface area contributed by atoms with E-state index in [4.69, 9.17) is 5.73 Å². The van der Waals surface area contributed by atoms with Crippen LogP contribution in [0.25, 0.3) is 0 Å². The molecule has 2 rings (SSSR count). The Morgan fingerprint density at radius 1 is 1.38 bits per heavy atom. The van der Waals surface area contributed by atoms with Crippen LogP contribution in [0.1, 0.15) is 18.3 Å². The van der Waals surface area contributed by atoms with Crippen LogP contribution in [-0.2, 0) is 20.0 Å². The highest BCUT2D eigenvalue weighted by atomic mass is 15.4. The highest BCUT2D eigenvalue weighted by Gasteiger charge is 2.04. The number of aromatic nitrogens is 5. The van der Waals surface area contributed by atoms with Crippen LogP contribution in [0.3, 0.4) is 0 Å². The van der Waals surface area contributed by atoms with Gasteiger partial charge < -0.3 is 10.3 Å². The lowest BCUT2D eigenvalue weighted by molar-refractivity contribution is 0.708. The van der Waals surface area contributed by atoms with Gasteiger partial charge in [-0.05, 0) is 6.92 Å². The molecule has 0 aromatic carbocycles. The van der Waals surface area contributed by atoms with Crippen LogP contribution in [0.15, 0.2) is 18.7 Å². The van der Waals surface area contributed by atoms with Crippen LogP contribution in [0.4, 0.5) is 0 Å².